The van der Waals surface area contributed by atoms with Gasteiger partial charge < -0.3 is 14.2 Å². The standard InChI is InChI=1S/C13H20O.2C12H17ClO/c1-10-7-6-8-12(9-10)14-11(2)13(3,4)5;1-9-7-10(13)5-6-11(9)14-8-12(2,3)4;1-9(12(2,3)4)14-11-8-6-5-7-10(11)13/h6-9,11H,1-5H3;5-7H,8H2,1-4H3;5-9H,1-4H3. The molecule has 0 aliphatic rings. The molecule has 234 valence electrons. The molecule has 0 saturated heterocycles. The zero-order chi connectivity index (χ0) is 32.3. The van der Waals surface area contributed by atoms with Crippen LogP contribution in [0.25, 0.3) is 0 Å². The largest absolute Gasteiger partial charge is 0.493 e. The summed E-state index contributed by atoms with van der Waals surface area (Å²) in [4.78, 5) is 0. The molecule has 0 heterocycles. The molecule has 0 N–H and O–H groups in total. The number of hydrogen-bond donors (Lipinski definition) is 0. The van der Waals surface area contributed by atoms with E-state index in [9.17, 15) is 0 Å². The van der Waals surface area contributed by atoms with E-state index in [2.05, 4.69) is 95.2 Å². The molecular weight excluding hydrogens is 563 g/mol. The second-order valence-corrected chi connectivity index (χ2v) is 15.1. The van der Waals surface area contributed by atoms with Gasteiger partial charge in [-0.3, -0.25) is 0 Å². The summed E-state index contributed by atoms with van der Waals surface area (Å²) < 4.78 is 17.3. The molecule has 0 bridgehead atoms. The van der Waals surface area contributed by atoms with E-state index >= 15 is 0 Å². The van der Waals surface area contributed by atoms with Crippen LogP contribution in [0, 0.1) is 30.1 Å². The summed E-state index contributed by atoms with van der Waals surface area (Å²) in [7, 11) is 0. The fourth-order valence-electron chi connectivity index (χ4n) is 3.05. The number of rotatable bonds is 6. The van der Waals surface area contributed by atoms with Gasteiger partial charge in [-0.1, -0.05) is 110 Å². The number of benzene rings is 3. The highest BCUT2D eigenvalue weighted by molar-refractivity contribution is 6.32. The molecule has 2 atom stereocenters. The summed E-state index contributed by atoms with van der Waals surface area (Å²) in [5.41, 5.74) is 2.82. The quantitative estimate of drug-likeness (QED) is 0.275. The van der Waals surface area contributed by atoms with E-state index in [4.69, 9.17) is 37.4 Å². The number of halogens is 2. The Morgan fingerprint density at radius 1 is 0.643 bits per heavy atom. The molecule has 3 rings (SSSR count). The highest BCUT2D eigenvalue weighted by Crippen LogP contribution is 2.29. The van der Waals surface area contributed by atoms with Gasteiger partial charge in [-0.05, 0) is 97.5 Å². The van der Waals surface area contributed by atoms with Crippen molar-refractivity contribution in [3.05, 3.63) is 87.9 Å². The van der Waals surface area contributed by atoms with E-state index in [1.54, 1.807) is 0 Å². The normalized spacial score (nSPS) is 13.0. The summed E-state index contributed by atoms with van der Waals surface area (Å²) >= 11 is 11.8. The number of hydrogen-bond acceptors (Lipinski definition) is 3. The van der Waals surface area contributed by atoms with Crippen LogP contribution in [0.3, 0.4) is 0 Å². The second-order valence-electron chi connectivity index (χ2n) is 14.3. The summed E-state index contributed by atoms with van der Waals surface area (Å²) in [6.07, 6.45) is 0.367. The van der Waals surface area contributed by atoms with Crippen molar-refractivity contribution in [2.75, 3.05) is 6.61 Å². The Hall–Kier alpha value is -2.36. The van der Waals surface area contributed by atoms with Crippen LogP contribution in [0.2, 0.25) is 10.0 Å². The van der Waals surface area contributed by atoms with Gasteiger partial charge >= 0.3 is 0 Å². The molecule has 2 unspecified atom stereocenters. The first-order valence-electron chi connectivity index (χ1n) is 14.7. The van der Waals surface area contributed by atoms with Crippen molar-refractivity contribution < 1.29 is 14.2 Å². The van der Waals surface area contributed by atoms with E-state index in [1.807, 2.05) is 61.5 Å². The van der Waals surface area contributed by atoms with Gasteiger partial charge in [0, 0.05) is 5.02 Å². The van der Waals surface area contributed by atoms with E-state index in [0.717, 1.165) is 34.4 Å². The first-order valence-corrected chi connectivity index (χ1v) is 15.5. The molecule has 0 fully saturated rings. The smallest absolute Gasteiger partial charge is 0.138 e. The van der Waals surface area contributed by atoms with Crippen LogP contribution in [0.15, 0.2) is 66.7 Å². The zero-order valence-electron chi connectivity index (χ0n) is 28.2. The SMILES string of the molecule is CC(Oc1ccccc1Cl)C(C)(C)C.Cc1cc(Cl)ccc1OCC(C)(C)C.Cc1cccc(OC(C)C(C)(C)C)c1. The predicted octanol–water partition coefficient (Wildman–Crippen LogP) is 12.0. The molecule has 0 spiro atoms. The number of para-hydroxylation sites is 1. The first-order chi connectivity index (χ1) is 19.2. The maximum absolute atomic E-state index is 5.99. The minimum absolute atomic E-state index is 0.124. The molecule has 0 radical (unpaired) electrons. The second kappa shape index (κ2) is 16.5. The van der Waals surface area contributed by atoms with Crippen molar-refractivity contribution in [2.45, 2.75) is 102 Å². The van der Waals surface area contributed by atoms with Gasteiger partial charge in [0.2, 0.25) is 0 Å². The maximum atomic E-state index is 5.99. The third-order valence-corrected chi connectivity index (χ3v) is 7.23. The monoisotopic (exact) mass is 616 g/mol. The fourth-order valence-corrected chi connectivity index (χ4v) is 3.45. The third-order valence-electron chi connectivity index (χ3n) is 6.68. The fraction of sp³-hybridized carbons (Fsp3) is 0.514. The first kappa shape index (κ1) is 37.7. The zero-order valence-corrected chi connectivity index (χ0v) is 29.7. The summed E-state index contributed by atoms with van der Waals surface area (Å²) in [6.45, 7) is 28.4. The highest BCUT2D eigenvalue weighted by Gasteiger charge is 2.22. The Balaban J connectivity index is 0.000000315. The minimum Gasteiger partial charge on any atom is -0.493 e. The van der Waals surface area contributed by atoms with Gasteiger partial charge in [-0.2, -0.15) is 0 Å². The van der Waals surface area contributed by atoms with Gasteiger partial charge in [0.25, 0.3) is 0 Å². The van der Waals surface area contributed by atoms with Crippen molar-refractivity contribution in [2.24, 2.45) is 16.2 Å². The van der Waals surface area contributed by atoms with Crippen molar-refractivity contribution in [3.63, 3.8) is 0 Å². The number of aryl methyl sites for hydroxylation is 2. The van der Waals surface area contributed by atoms with Crippen molar-refractivity contribution in [3.8, 4) is 17.2 Å². The highest BCUT2D eigenvalue weighted by atomic mass is 35.5. The lowest BCUT2D eigenvalue weighted by atomic mass is 9.90. The van der Waals surface area contributed by atoms with Crippen molar-refractivity contribution in [1.29, 1.82) is 0 Å². The van der Waals surface area contributed by atoms with E-state index in [-0.39, 0.29) is 28.5 Å². The van der Waals surface area contributed by atoms with Gasteiger partial charge in [-0.15, -0.1) is 0 Å². The van der Waals surface area contributed by atoms with Gasteiger partial charge in [0.05, 0.1) is 11.6 Å². The lowest BCUT2D eigenvalue weighted by Gasteiger charge is -2.28. The third kappa shape index (κ3) is 15.2. The molecule has 0 saturated carbocycles. The molecular formula is C37H54Cl2O3. The van der Waals surface area contributed by atoms with Crippen LogP contribution in [-0.4, -0.2) is 18.8 Å². The molecule has 42 heavy (non-hydrogen) atoms. The molecule has 0 aliphatic heterocycles. The molecule has 0 amide bonds. The summed E-state index contributed by atoms with van der Waals surface area (Å²) in [5.74, 6) is 2.65. The van der Waals surface area contributed by atoms with Crippen LogP contribution in [-0.2, 0) is 0 Å². The van der Waals surface area contributed by atoms with Crippen molar-refractivity contribution in [1.82, 2.24) is 0 Å². The van der Waals surface area contributed by atoms with Gasteiger partial charge in [-0.25, -0.2) is 0 Å². The Morgan fingerprint density at radius 2 is 1.21 bits per heavy atom. The Bertz CT molecular complexity index is 1220. The van der Waals surface area contributed by atoms with Crippen LogP contribution in [0.1, 0.15) is 87.3 Å². The van der Waals surface area contributed by atoms with E-state index in [0.29, 0.717) is 5.02 Å². The molecule has 5 heteroatoms. The van der Waals surface area contributed by atoms with Gasteiger partial charge in [0.15, 0.2) is 0 Å². The van der Waals surface area contributed by atoms with Crippen LogP contribution >= 0.6 is 23.2 Å². The summed E-state index contributed by atoms with van der Waals surface area (Å²) in [5, 5.41) is 1.43. The summed E-state index contributed by atoms with van der Waals surface area (Å²) in [6, 6.07) is 21.4. The molecule has 3 aromatic carbocycles. The average molecular weight is 618 g/mol. The minimum atomic E-state index is 0.124. The van der Waals surface area contributed by atoms with Crippen LogP contribution in [0.5, 0.6) is 17.2 Å². The maximum Gasteiger partial charge on any atom is 0.138 e. The predicted molar refractivity (Wildman–Crippen MR) is 183 cm³/mol. The van der Waals surface area contributed by atoms with Crippen LogP contribution in [0.4, 0.5) is 0 Å². The van der Waals surface area contributed by atoms with E-state index < -0.39 is 0 Å². The molecule has 0 aliphatic carbocycles. The van der Waals surface area contributed by atoms with Crippen LogP contribution < -0.4 is 14.2 Å². The topological polar surface area (TPSA) is 27.7 Å². The van der Waals surface area contributed by atoms with Gasteiger partial charge in [0.1, 0.15) is 29.5 Å². The molecule has 3 nitrogen and oxygen atoms in total. The Morgan fingerprint density at radius 3 is 1.71 bits per heavy atom. The average Bonchev–Trinajstić information content (AvgIpc) is 2.84. The van der Waals surface area contributed by atoms with E-state index in [1.165, 1.54) is 5.56 Å². The lowest BCUT2D eigenvalue weighted by Crippen LogP contribution is -2.28. The lowest BCUT2D eigenvalue weighted by molar-refractivity contribution is 0.103. The number of ether oxygens (including phenoxy) is 3. The Kier molecular flexibility index (Phi) is 14.8. The molecule has 3 aromatic rings. The van der Waals surface area contributed by atoms with Crippen molar-refractivity contribution >= 4 is 23.2 Å². The molecule has 0 aromatic heterocycles. The Labute approximate surface area is 266 Å².